The van der Waals surface area contributed by atoms with E-state index in [0.717, 1.165) is 29.7 Å². The molecular formula is C13H16O2. The summed E-state index contributed by atoms with van der Waals surface area (Å²) in [7, 11) is 1.65. The Balaban J connectivity index is 2.69. The molecule has 0 radical (unpaired) electrons. The lowest BCUT2D eigenvalue weighted by Gasteiger charge is -2.21. The Morgan fingerprint density at radius 3 is 2.67 bits per heavy atom. The van der Waals surface area contributed by atoms with Crippen molar-refractivity contribution in [3.05, 3.63) is 28.3 Å². The van der Waals surface area contributed by atoms with Gasteiger partial charge in [0, 0.05) is 17.5 Å². The topological polar surface area (TPSA) is 26.3 Å². The monoisotopic (exact) mass is 204 g/mol. The fraction of sp³-hybridized carbons (Fsp3) is 0.462. The van der Waals surface area contributed by atoms with Gasteiger partial charge in [-0.15, -0.1) is 0 Å². The molecule has 0 amide bonds. The number of fused-ring (bicyclic) bond motifs is 1. The number of benzene rings is 1. The molecule has 0 aliphatic heterocycles. The van der Waals surface area contributed by atoms with Gasteiger partial charge in [-0.05, 0) is 43.9 Å². The minimum atomic E-state index is 0.274. The summed E-state index contributed by atoms with van der Waals surface area (Å²) in [6.45, 7) is 4.03. The van der Waals surface area contributed by atoms with Crippen molar-refractivity contribution in [3.63, 3.8) is 0 Å². The van der Waals surface area contributed by atoms with Gasteiger partial charge >= 0.3 is 0 Å². The van der Waals surface area contributed by atoms with Gasteiger partial charge in [-0.3, -0.25) is 4.79 Å². The van der Waals surface area contributed by atoms with Crippen molar-refractivity contribution in [3.8, 4) is 5.75 Å². The molecule has 2 heteroatoms. The summed E-state index contributed by atoms with van der Waals surface area (Å²) in [6, 6.07) is 2.03. The Hall–Kier alpha value is -1.31. The molecular weight excluding hydrogens is 188 g/mol. The molecule has 0 bridgehead atoms. The average molecular weight is 204 g/mol. The second-order valence-corrected chi connectivity index (χ2v) is 4.15. The van der Waals surface area contributed by atoms with Gasteiger partial charge in [0.2, 0.25) is 0 Å². The van der Waals surface area contributed by atoms with Crippen LogP contribution in [0.4, 0.5) is 0 Å². The highest BCUT2D eigenvalue weighted by atomic mass is 16.5. The van der Waals surface area contributed by atoms with Gasteiger partial charge in [-0.2, -0.15) is 0 Å². The predicted molar refractivity (Wildman–Crippen MR) is 59.7 cm³/mol. The maximum Gasteiger partial charge on any atom is 0.163 e. The smallest absolute Gasteiger partial charge is 0.163 e. The van der Waals surface area contributed by atoms with E-state index in [1.807, 2.05) is 13.0 Å². The van der Waals surface area contributed by atoms with Gasteiger partial charge in [0.15, 0.2) is 5.78 Å². The van der Waals surface area contributed by atoms with Crippen molar-refractivity contribution in [2.24, 2.45) is 0 Å². The van der Waals surface area contributed by atoms with Crippen LogP contribution in [0.3, 0.4) is 0 Å². The van der Waals surface area contributed by atoms with Crippen molar-refractivity contribution in [1.29, 1.82) is 0 Å². The SMILES string of the molecule is COc1cc(C)c2c(c1C)C(=O)CCC2. The van der Waals surface area contributed by atoms with E-state index in [-0.39, 0.29) is 5.78 Å². The quantitative estimate of drug-likeness (QED) is 0.703. The van der Waals surface area contributed by atoms with Gasteiger partial charge in [-0.25, -0.2) is 0 Å². The third kappa shape index (κ3) is 1.54. The molecule has 0 heterocycles. The number of ketones is 1. The van der Waals surface area contributed by atoms with E-state index in [1.54, 1.807) is 7.11 Å². The molecule has 0 fully saturated rings. The van der Waals surface area contributed by atoms with Crippen LogP contribution in [-0.2, 0) is 6.42 Å². The van der Waals surface area contributed by atoms with E-state index in [2.05, 4.69) is 6.92 Å². The Morgan fingerprint density at radius 2 is 2.00 bits per heavy atom. The molecule has 2 nitrogen and oxygen atoms in total. The highest BCUT2D eigenvalue weighted by molar-refractivity contribution is 6.00. The minimum Gasteiger partial charge on any atom is -0.496 e. The molecule has 0 aromatic heterocycles. The number of Topliss-reactive ketones (excluding diaryl/α,β-unsaturated/α-hetero) is 1. The lowest BCUT2D eigenvalue weighted by atomic mass is 9.84. The van der Waals surface area contributed by atoms with Gasteiger partial charge in [-0.1, -0.05) is 0 Å². The summed E-state index contributed by atoms with van der Waals surface area (Å²) in [5, 5.41) is 0. The zero-order valence-electron chi connectivity index (χ0n) is 9.52. The third-order valence-corrected chi connectivity index (χ3v) is 3.20. The van der Waals surface area contributed by atoms with Crippen LogP contribution in [0.25, 0.3) is 0 Å². The van der Waals surface area contributed by atoms with Crippen LogP contribution in [0.15, 0.2) is 6.07 Å². The van der Waals surface area contributed by atoms with Gasteiger partial charge in [0.25, 0.3) is 0 Å². The first-order valence-electron chi connectivity index (χ1n) is 5.35. The number of carbonyl (C=O) groups is 1. The molecule has 1 aliphatic rings. The molecule has 0 spiro atoms. The lowest BCUT2D eigenvalue weighted by Crippen LogP contribution is -2.14. The number of methoxy groups -OCH3 is 1. The van der Waals surface area contributed by atoms with E-state index >= 15 is 0 Å². The second-order valence-electron chi connectivity index (χ2n) is 4.15. The molecule has 80 valence electrons. The van der Waals surface area contributed by atoms with Crippen molar-refractivity contribution in [1.82, 2.24) is 0 Å². The Labute approximate surface area is 90.3 Å². The van der Waals surface area contributed by atoms with E-state index in [4.69, 9.17) is 4.74 Å². The summed E-state index contributed by atoms with van der Waals surface area (Å²) in [5.41, 5.74) is 4.32. The first-order valence-corrected chi connectivity index (χ1v) is 5.35. The summed E-state index contributed by atoms with van der Waals surface area (Å²) < 4.78 is 5.29. The summed E-state index contributed by atoms with van der Waals surface area (Å²) in [4.78, 5) is 11.9. The molecule has 2 rings (SSSR count). The Kier molecular flexibility index (Phi) is 2.51. The van der Waals surface area contributed by atoms with Crippen LogP contribution in [0.1, 0.15) is 39.9 Å². The highest BCUT2D eigenvalue weighted by Gasteiger charge is 2.22. The normalized spacial score (nSPS) is 15.0. The van der Waals surface area contributed by atoms with Crippen LogP contribution < -0.4 is 4.74 Å². The molecule has 0 atom stereocenters. The predicted octanol–water partition coefficient (Wildman–Crippen LogP) is 2.83. The van der Waals surface area contributed by atoms with Crippen molar-refractivity contribution in [2.75, 3.05) is 7.11 Å². The molecule has 1 aromatic rings. The van der Waals surface area contributed by atoms with E-state index in [1.165, 1.54) is 11.1 Å². The number of ether oxygens (including phenoxy) is 1. The minimum absolute atomic E-state index is 0.274. The standard InChI is InChI=1S/C13H16O2/c1-8-7-12(15-3)9(2)13-10(8)5-4-6-11(13)14/h7H,4-6H2,1-3H3. The summed E-state index contributed by atoms with van der Waals surface area (Å²) in [5.74, 6) is 1.11. The van der Waals surface area contributed by atoms with Crippen LogP contribution in [0, 0.1) is 13.8 Å². The van der Waals surface area contributed by atoms with E-state index in [0.29, 0.717) is 6.42 Å². The van der Waals surface area contributed by atoms with E-state index in [9.17, 15) is 4.79 Å². The van der Waals surface area contributed by atoms with Crippen LogP contribution in [-0.4, -0.2) is 12.9 Å². The molecule has 0 unspecified atom stereocenters. The lowest BCUT2D eigenvalue weighted by molar-refractivity contribution is 0.0971. The van der Waals surface area contributed by atoms with Crippen LogP contribution in [0.5, 0.6) is 5.75 Å². The highest BCUT2D eigenvalue weighted by Crippen LogP contribution is 2.32. The number of hydrogen-bond donors (Lipinski definition) is 0. The van der Waals surface area contributed by atoms with Gasteiger partial charge in [0.1, 0.15) is 5.75 Å². The first-order chi connectivity index (χ1) is 7.15. The van der Waals surface area contributed by atoms with Gasteiger partial charge < -0.3 is 4.74 Å². The number of rotatable bonds is 1. The zero-order valence-corrected chi connectivity index (χ0v) is 9.52. The largest absolute Gasteiger partial charge is 0.496 e. The molecule has 0 N–H and O–H groups in total. The fourth-order valence-electron chi connectivity index (χ4n) is 2.40. The van der Waals surface area contributed by atoms with Crippen molar-refractivity contribution in [2.45, 2.75) is 33.1 Å². The van der Waals surface area contributed by atoms with Crippen molar-refractivity contribution >= 4 is 5.78 Å². The number of aryl methyl sites for hydroxylation is 1. The van der Waals surface area contributed by atoms with Crippen molar-refractivity contribution < 1.29 is 9.53 Å². The zero-order chi connectivity index (χ0) is 11.0. The van der Waals surface area contributed by atoms with Gasteiger partial charge in [0.05, 0.1) is 7.11 Å². The number of carbonyl (C=O) groups excluding carboxylic acids is 1. The number of hydrogen-bond acceptors (Lipinski definition) is 2. The first kappa shape index (κ1) is 10.2. The van der Waals surface area contributed by atoms with Crippen LogP contribution in [0.2, 0.25) is 0 Å². The molecule has 1 aromatic carbocycles. The Bertz CT molecular complexity index is 419. The summed E-state index contributed by atoms with van der Waals surface area (Å²) in [6.07, 6.45) is 2.69. The van der Waals surface area contributed by atoms with Crippen LogP contribution >= 0.6 is 0 Å². The maximum atomic E-state index is 11.9. The third-order valence-electron chi connectivity index (χ3n) is 3.20. The average Bonchev–Trinajstić information content (AvgIpc) is 2.23. The Morgan fingerprint density at radius 1 is 1.27 bits per heavy atom. The molecule has 0 saturated carbocycles. The maximum absolute atomic E-state index is 11.9. The molecule has 0 saturated heterocycles. The fourth-order valence-corrected chi connectivity index (χ4v) is 2.40. The summed E-state index contributed by atoms with van der Waals surface area (Å²) >= 11 is 0. The molecule has 15 heavy (non-hydrogen) atoms. The second kappa shape index (κ2) is 3.69. The van der Waals surface area contributed by atoms with E-state index < -0.39 is 0 Å². The molecule has 1 aliphatic carbocycles.